The first-order valence-corrected chi connectivity index (χ1v) is 6.00. The molecule has 1 fully saturated rings. The summed E-state index contributed by atoms with van der Waals surface area (Å²) in [7, 11) is 3.61. The molecule has 1 aromatic heterocycles. The second-order valence-corrected chi connectivity index (χ2v) is 4.88. The van der Waals surface area contributed by atoms with Crippen molar-refractivity contribution in [2.45, 2.75) is 6.42 Å². The van der Waals surface area contributed by atoms with Crippen LogP contribution in [0.3, 0.4) is 0 Å². The summed E-state index contributed by atoms with van der Waals surface area (Å²) < 4.78 is 1.23. The fourth-order valence-electron chi connectivity index (χ4n) is 2.25. The summed E-state index contributed by atoms with van der Waals surface area (Å²) in [5.41, 5.74) is 5.10. The van der Waals surface area contributed by atoms with Gasteiger partial charge in [0.05, 0.1) is 0 Å². The van der Waals surface area contributed by atoms with Gasteiger partial charge in [0.25, 0.3) is 5.56 Å². The van der Waals surface area contributed by atoms with Gasteiger partial charge in [0.1, 0.15) is 11.5 Å². The van der Waals surface area contributed by atoms with Crippen LogP contribution in [-0.2, 0) is 7.05 Å². The summed E-state index contributed by atoms with van der Waals surface area (Å²) in [5, 5.41) is 3.06. The van der Waals surface area contributed by atoms with Crippen LogP contribution in [0.5, 0.6) is 0 Å². The van der Waals surface area contributed by atoms with Gasteiger partial charge < -0.3 is 16.0 Å². The lowest BCUT2D eigenvalue weighted by molar-refractivity contribution is 0.399. The molecule has 2 rings (SSSR count). The molecule has 1 unspecified atom stereocenters. The number of aromatic amines is 1. The Morgan fingerprint density at radius 3 is 2.78 bits per heavy atom. The van der Waals surface area contributed by atoms with Crippen molar-refractivity contribution < 1.29 is 0 Å². The molecule has 1 saturated heterocycles. The second-order valence-electron chi connectivity index (χ2n) is 4.88. The van der Waals surface area contributed by atoms with Crippen molar-refractivity contribution in [2.24, 2.45) is 13.0 Å². The third kappa shape index (κ3) is 2.40. The maximum Gasteiger partial charge on any atom is 0.329 e. The van der Waals surface area contributed by atoms with Crippen LogP contribution < -0.4 is 22.3 Å². The van der Waals surface area contributed by atoms with E-state index >= 15 is 0 Å². The van der Waals surface area contributed by atoms with E-state index in [2.05, 4.69) is 22.2 Å². The molecule has 1 atom stereocenters. The van der Waals surface area contributed by atoms with Gasteiger partial charge in [0, 0.05) is 20.1 Å². The van der Waals surface area contributed by atoms with Crippen molar-refractivity contribution in [1.82, 2.24) is 14.5 Å². The van der Waals surface area contributed by atoms with Gasteiger partial charge in [0.15, 0.2) is 0 Å². The average Bonchev–Trinajstić information content (AvgIpc) is 2.72. The number of rotatable bonds is 3. The number of nitrogens with one attached hydrogen (secondary N) is 2. The molecule has 0 saturated carbocycles. The van der Waals surface area contributed by atoms with Crippen LogP contribution >= 0.6 is 0 Å². The van der Waals surface area contributed by atoms with E-state index in [1.54, 1.807) is 0 Å². The Bertz CT molecular complexity index is 547. The van der Waals surface area contributed by atoms with Crippen molar-refractivity contribution >= 4 is 11.5 Å². The summed E-state index contributed by atoms with van der Waals surface area (Å²) in [4.78, 5) is 27.5. The predicted octanol–water partition coefficient (Wildman–Crippen LogP) is -0.981. The Labute approximate surface area is 105 Å². The van der Waals surface area contributed by atoms with Crippen LogP contribution in [0.2, 0.25) is 0 Å². The molecule has 1 aromatic rings. The topological polar surface area (TPSA) is 96.2 Å². The monoisotopic (exact) mass is 253 g/mol. The fourth-order valence-corrected chi connectivity index (χ4v) is 2.25. The molecule has 1 aliphatic heterocycles. The molecule has 7 heteroatoms. The van der Waals surface area contributed by atoms with Gasteiger partial charge in [-0.25, -0.2) is 4.79 Å². The van der Waals surface area contributed by atoms with E-state index in [0.717, 1.165) is 19.5 Å². The van der Waals surface area contributed by atoms with Crippen LogP contribution in [0, 0.1) is 5.92 Å². The molecule has 0 amide bonds. The van der Waals surface area contributed by atoms with Crippen LogP contribution in [0.25, 0.3) is 0 Å². The van der Waals surface area contributed by atoms with E-state index in [4.69, 9.17) is 5.73 Å². The van der Waals surface area contributed by atoms with Gasteiger partial charge in [-0.15, -0.1) is 0 Å². The summed E-state index contributed by atoms with van der Waals surface area (Å²) >= 11 is 0. The summed E-state index contributed by atoms with van der Waals surface area (Å²) in [5.74, 6) is 0.682. The zero-order chi connectivity index (χ0) is 13.3. The van der Waals surface area contributed by atoms with Crippen LogP contribution in [0.15, 0.2) is 9.59 Å². The van der Waals surface area contributed by atoms with Crippen molar-refractivity contribution in [3.05, 3.63) is 20.8 Å². The normalized spacial score (nSPS) is 20.2. The smallest absolute Gasteiger partial charge is 0.329 e. The molecule has 0 spiro atoms. The highest BCUT2D eigenvalue weighted by atomic mass is 16.2. The number of nitrogen functional groups attached to an aromatic ring is 1. The number of nitrogens with two attached hydrogens (primary N) is 1. The van der Waals surface area contributed by atoms with E-state index in [-0.39, 0.29) is 11.5 Å². The standard InChI is InChI=1S/C11H19N5O2/c1-15-4-3-7(6-15)5-13-8-9(12)16(2)11(18)14-10(8)17/h7,13H,3-6,12H2,1-2H3,(H,14,17,18). The zero-order valence-corrected chi connectivity index (χ0v) is 10.7. The minimum atomic E-state index is -0.497. The molecule has 0 aliphatic carbocycles. The molecule has 100 valence electrons. The van der Waals surface area contributed by atoms with Gasteiger partial charge in [0.2, 0.25) is 0 Å². The van der Waals surface area contributed by atoms with Crippen LogP contribution in [0.1, 0.15) is 6.42 Å². The first-order valence-electron chi connectivity index (χ1n) is 6.00. The molecule has 7 nitrogen and oxygen atoms in total. The highest BCUT2D eigenvalue weighted by Crippen LogP contribution is 2.16. The van der Waals surface area contributed by atoms with E-state index < -0.39 is 11.2 Å². The number of aromatic nitrogens is 2. The van der Waals surface area contributed by atoms with Gasteiger partial charge in [-0.1, -0.05) is 0 Å². The van der Waals surface area contributed by atoms with E-state index in [0.29, 0.717) is 12.5 Å². The minimum Gasteiger partial charge on any atom is -0.383 e. The van der Waals surface area contributed by atoms with E-state index in [1.165, 1.54) is 11.6 Å². The number of hydrogen-bond acceptors (Lipinski definition) is 5. The van der Waals surface area contributed by atoms with Crippen molar-refractivity contribution in [3.63, 3.8) is 0 Å². The number of likely N-dealkylation sites (tertiary alicyclic amines) is 1. The van der Waals surface area contributed by atoms with Crippen molar-refractivity contribution in [1.29, 1.82) is 0 Å². The Morgan fingerprint density at radius 2 is 2.17 bits per heavy atom. The lowest BCUT2D eigenvalue weighted by Gasteiger charge is -2.14. The average molecular weight is 253 g/mol. The zero-order valence-electron chi connectivity index (χ0n) is 10.7. The molecule has 4 N–H and O–H groups in total. The summed E-state index contributed by atoms with van der Waals surface area (Å²) in [6.07, 6.45) is 1.10. The third-order valence-corrected chi connectivity index (χ3v) is 3.43. The summed E-state index contributed by atoms with van der Waals surface area (Å²) in [6, 6.07) is 0. The van der Waals surface area contributed by atoms with Crippen molar-refractivity contribution in [2.75, 3.05) is 37.7 Å². The molecule has 0 bridgehead atoms. The summed E-state index contributed by atoms with van der Waals surface area (Å²) in [6.45, 7) is 2.78. The van der Waals surface area contributed by atoms with Gasteiger partial charge in [-0.05, 0) is 25.9 Å². The maximum absolute atomic E-state index is 11.7. The van der Waals surface area contributed by atoms with Gasteiger partial charge in [-0.3, -0.25) is 14.3 Å². The molecular formula is C11H19N5O2. The Morgan fingerprint density at radius 1 is 1.44 bits per heavy atom. The molecule has 2 heterocycles. The Kier molecular flexibility index (Phi) is 3.42. The predicted molar refractivity (Wildman–Crippen MR) is 70.8 cm³/mol. The highest BCUT2D eigenvalue weighted by Gasteiger charge is 2.20. The van der Waals surface area contributed by atoms with Gasteiger partial charge in [-0.2, -0.15) is 0 Å². The Balaban J connectivity index is 2.12. The largest absolute Gasteiger partial charge is 0.383 e. The first-order chi connectivity index (χ1) is 8.49. The van der Waals surface area contributed by atoms with Gasteiger partial charge >= 0.3 is 5.69 Å². The molecule has 0 aromatic carbocycles. The number of anilines is 2. The maximum atomic E-state index is 11.7. The lowest BCUT2D eigenvalue weighted by Crippen LogP contribution is -2.33. The number of nitrogens with zero attached hydrogens (tertiary/aromatic N) is 2. The van der Waals surface area contributed by atoms with Crippen LogP contribution in [0.4, 0.5) is 11.5 Å². The minimum absolute atomic E-state index is 0.176. The SMILES string of the molecule is CN1CCC(CNc2c(N)n(C)c(=O)[nH]c2=O)C1. The molecule has 0 radical (unpaired) electrons. The molecular weight excluding hydrogens is 234 g/mol. The lowest BCUT2D eigenvalue weighted by atomic mass is 10.1. The second kappa shape index (κ2) is 4.85. The molecule has 1 aliphatic rings. The quantitative estimate of drug-likeness (QED) is 0.643. The number of H-pyrrole nitrogens is 1. The highest BCUT2D eigenvalue weighted by molar-refractivity contribution is 5.60. The van der Waals surface area contributed by atoms with Crippen molar-refractivity contribution in [3.8, 4) is 0 Å². The van der Waals surface area contributed by atoms with Crippen LogP contribution in [-0.4, -0.2) is 41.1 Å². The Hall–Kier alpha value is -1.76. The third-order valence-electron chi connectivity index (χ3n) is 3.43. The first kappa shape index (κ1) is 12.7. The fraction of sp³-hybridized carbons (Fsp3) is 0.636. The molecule has 18 heavy (non-hydrogen) atoms. The van der Waals surface area contributed by atoms with E-state index in [9.17, 15) is 9.59 Å². The number of hydrogen-bond donors (Lipinski definition) is 3. The van der Waals surface area contributed by atoms with E-state index in [1.807, 2.05) is 0 Å².